The summed E-state index contributed by atoms with van der Waals surface area (Å²) in [5.74, 6) is -1.26. The molecule has 4 rings (SSSR count). The Balaban J connectivity index is 1.35. The van der Waals surface area contributed by atoms with E-state index in [4.69, 9.17) is 4.74 Å². The molecule has 8 heteroatoms. The Bertz CT molecular complexity index is 1130. The van der Waals surface area contributed by atoms with Crippen LogP contribution in [0.4, 0.5) is 0 Å². The largest absolute Gasteiger partial charge is 0.461 e. The van der Waals surface area contributed by atoms with Crippen LogP contribution in [0.5, 0.6) is 0 Å². The maximum absolute atomic E-state index is 12.3. The average molecular weight is 421 g/mol. The summed E-state index contributed by atoms with van der Waals surface area (Å²) in [5.41, 5.74) is 3.63. The predicted octanol–water partition coefficient (Wildman–Crippen LogP) is 3.40. The van der Waals surface area contributed by atoms with Crippen molar-refractivity contribution in [2.75, 3.05) is 13.2 Å². The number of thiazole rings is 1. The summed E-state index contributed by atoms with van der Waals surface area (Å²) in [6.07, 6.45) is 4.78. The highest BCUT2D eigenvalue weighted by Gasteiger charge is 2.34. The molecule has 2 amide bonds. The Morgan fingerprint density at radius 2 is 1.87 bits per heavy atom. The van der Waals surface area contributed by atoms with Crippen molar-refractivity contribution >= 4 is 35.2 Å². The minimum atomic E-state index is -0.536. The Kier molecular flexibility index (Phi) is 5.33. The van der Waals surface area contributed by atoms with E-state index in [9.17, 15) is 14.4 Å². The molecule has 0 spiro atoms. The van der Waals surface area contributed by atoms with Crippen LogP contribution in [0.1, 0.15) is 37.7 Å². The van der Waals surface area contributed by atoms with Gasteiger partial charge in [-0.05, 0) is 43.7 Å². The summed E-state index contributed by atoms with van der Waals surface area (Å²) < 4.78 is 7.21. The molecule has 152 valence electrons. The van der Waals surface area contributed by atoms with E-state index in [0.717, 1.165) is 27.0 Å². The van der Waals surface area contributed by atoms with E-state index < -0.39 is 5.97 Å². The summed E-state index contributed by atoms with van der Waals surface area (Å²) in [4.78, 5) is 42.1. The highest BCUT2D eigenvalue weighted by atomic mass is 32.1. The molecule has 3 heterocycles. The van der Waals surface area contributed by atoms with E-state index in [1.54, 1.807) is 36.5 Å². The SMILES string of the molecule is Cc1cc(/C=C/C(=O)OCCN2C(=O)c3ccccc3C2=O)c(C)n1-c1nccs1. The zero-order valence-electron chi connectivity index (χ0n) is 16.5. The van der Waals surface area contributed by atoms with Gasteiger partial charge in [0, 0.05) is 29.0 Å². The van der Waals surface area contributed by atoms with Gasteiger partial charge in [-0.15, -0.1) is 11.3 Å². The van der Waals surface area contributed by atoms with Crippen molar-refractivity contribution in [3.63, 3.8) is 0 Å². The van der Waals surface area contributed by atoms with Crippen LogP contribution in [0.15, 0.2) is 48.0 Å². The monoisotopic (exact) mass is 421 g/mol. The number of aromatic nitrogens is 2. The first-order valence-electron chi connectivity index (χ1n) is 9.36. The summed E-state index contributed by atoms with van der Waals surface area (Å²) in [6, 6.07) is 8.63. The summed E-state index contributed by atoms with van der Waals surface area (Å²) in [6.45, 7) is 3.89. The van der Waals surface area contributed by atoms with Crippen molar-refractivity contribution in [3.05, 3.63) is 76.1 Å². The van der Waals surface area contributed by atoms with Crippen molar-refractivity contribution in [2.45, 2.75) is 13.8 Å². The van der Waals surface area contributed by atoms with Gasteiger partial charge in [0.1, 0.15) is 6.61 Å². The molecule has 0 unspecified atom stereocenters. The Morgan fingerprint density at radius 1 is 1.17 bits per heavy atom. The van der Waals surface area contributed by atoms with Crippen LogP contribution >= 0.6 is 11.3 Å². The van der Waals surface area contributed by atoms with E-state index >= 15 is 0 Å². The Morgan fingerprint density at radius 3 is 2.50 bits per heavy atom. The second-order valence-corrected chi connectivity index (χ2v) is 7.66. The standard InChI is InChI=1S/C22H19N3O4S/c1-14-13-16(15(2)25(14)22-23-9-12-30-22)7-8-19(26)29-11-10-24-20(27)17-5-3-4-6-18(17)21(24)28/h3-9,12-13H,10-11H2,1-2H3/b8-7+. The molecule has 1 aliphatic rings. The van der Waals surface area contributed by atoms with Gasteiger partial charge in [0.2, 0.25) is 0 Å². The fourth-order valence-corrected chi connectivity index (χ4v) is 4.21. The fourth-order valence-electron chi connectivity index (χ4n) is 3.46. The lowest BCUT2D eigenvalue weighted by atomic mass is 10.1. The molecule has 1 aliphatic heterocycles. The van der Waals surface area contributed by atoms with Gasteiger partial charge in [-0.2, -0.15) is 0 Å². The molecule has 3 aromatic rings. The van der Waals surface area contributed by atoms with Crippen molar-refractivity contribution in [2.24, 2.45) is 0 Å². The van der Waals surface area contributed by atoms with Crippen LogP contribution in [0, 0.1) is 13.8 Å². The number of amides is 2. The molecule has 0 bridgehead atoms. The van der Waals surface area contributed by atoms with Gasteiger partial charge in [-0.3, -0.25) is 19.1 Å². The van der Waals surface area contributed by atoms with Crippen molar-refractivity contribution in [1.29, 1.82) is 0 Å². The quantitative estimate of drug-likeness (QED) is 0.346. The molecular formula is C22H19N3O4S. The molecule has 0 saturated carbocycles. The number of carbonyl (C=O) groups is 3. The second kappa shape index (κ2) is 8.08. The Labute approximate surface area is 177 Å². The predicted molar refractivity (Wildman–Crippen MR) is 113 cm³/mol. The Hall–Kier alpha value is -3.52. The van der Waals surface area contributed by atoms with Gasteiger partial charge in [0.15, 0.2) is 5.13 Å². The molecule has 30 heavy (non-hydrogen) atoms. The molecule has 7 nitrogen and oxygen atoms in total. The first kappa shape index (κ1) is 19.8. The number of ether oxygens (including phenoxy) is 1. The van der Waals surface area contributed by atoms with E-state index in [0.29, 0.717) is 11.1 Å². The van der Waals surface area contributed by atoms with Crippen LogP contribution in [-0.2, 0) is 9.53 Å². The lowest BCUT2D eigenvalue weighted by Gasteiger charge is -2.13. The van der Waals surface area contributed by atoms with Gasteiger partial charge < -0.3 is 4.74 Å². The number of hydrogen-bond donors (Lipinski definition) is 0. The first-order chi connectivity index (χ1) is 14.5. The fraction of sp³-hybridized carbons (Fsp3) is 0.182. The molecule has 1 aromatic carbocycles. The van der Waals surface area contributed by atoms with Crippen LogP contribution in [0.3, 0.4) is 0 Å². The normalized spacial score (nSPS) is 13.3. The number of rotatable bonds is 6. The van der Waals surface area contributed by atoms with Gasteiger partial charge in [0.25, 0.3) is 11.8 Å². The molecule has 0 saturated heterocycles. The summed E-state index contributed by atoms with van der Waals surface area (Å²) in [5, 5.41) is 2.78. The summed E-state index contributed by atoms with van der Waals surface area (Å²) in [7, 11) is 0. The molecule has 0 aliphatic carbocycles. The second-order valence-electron chi connectivity index (χ2n) is 6.78. The maximum Gasteiger partial charge on any atom is 0.330 e. The van der Waals surface area contributed by atoms with Gasteiger partial charge in [-0.1, -0.05) is 12.1 Å². The van der Waals surface area contributed by atoms with Gasteiger partial charge >= 0.3 is 5.97 Å². The first-order valence-corrected chi connectivity index (χ1v) is 10.2. The number of aryl methyl sites for hydroxylation is 1. The van der Waals surface area contributed by atoms with Crippen LogP contribution < -0.4 is 0 Å². The number of fused-ring (bicyclic) bond motifs is 1. The third-order valence-electron chi connectivity index (χ3n) is 4.92. The number of nitrogens with zero attached hydrogens (tertiary/aromatic N) is 3. The minimum absolute atomic E-state index is 0.0183. The number of esters is 1. The summed E-state index contributed by atoms with van der Waals surface area (Å²) >= 11 is 1.54. The van der Waals surface area contributed by atoms with Crippen molar-refractivity contribution in [1.82, 2.24) is 14.5 Å². The van der Waals surface area contributed by atoms with Gasteiger partial charge in [-0.25, -0.2) is 9.78 Å². The number of hydrogen-bond acceptors (Lipinski definition) is 6. The molecule has 0 atom stereocenters. The minimum Gasteiger partial charge on any atom is -0.461 e. The number of carbonyl (C=O) groups excluding carboxylic acids is 3. The van der Waals surface area contributed by atoms with E-state index in [1.807, 2.05) is 29.9 Å². The van der Waals surface area contributed by atoms with Gasteiger partial charge in [0.05, 0.1) is 17.7 Å². The molecule has 0 fully saturated rings. The van der Waals surface area contributed by atoms with Crippen molar-refractivity contribution in [3.8, 4) is 5.13 Å². The molecular weight excluding hydrogens is 402 g/mol. The van der Waals surface area contributed by atoms with Crippen molar-refractivity contribution < 1.29 is 19.1 Å². The molecule has 0 N–H and O–H groups in total. The number of imide groups is 1. The van der Waals surface area contributed by atoms with E-state index in [2.05, 4.69) is 4.98 Å². The van der Waals surface area contributed by atoms with Crippen LogP contribution in [-0.4, -0.2) is 45.4 Å². The van der Waals surface area contributed by atoms with Crippen LogP contribution in [0.2, 0.25) is 0 Å². The topological polar surface area (TPSA) is 81.5 Å². The number of benzene rings is 1. The third kappa shape index (κ3) is 3.57. The van der Waals surface area contributed by atoms with Crippen LogP contribution in [0.25, 0.3) is 11.2 Å². The highest BCUT2D eigenvalue weighted by molar-refractivity contribution is 7.12. The maximum atomic E-state index is 12.3. The average Bonchev–Trinajstić information content (AvgIpc) is 3.41. The lowest BCUT2D eigenvalue weighted by molar-refractivity contribution is -0.137. The smallest absolute Gasteiger partial charge is 0.330 e. The van der Waals surface area contributed by atoms with E-state index in [-0.39, 0.29) is 25.0 Å². The molecule has 2 aromatic heterocycles. The lowest BCUT2D eigenvalue weighted by Crippen LogP contribution is -2.33. The highest BCUT2D eigenvalue weighted by Crippen LogP contribution is 2.23. The zero-order chi connectivity index (χ0) is 21.3. The zero-order valence-corrected chi connectivity index (χ0v) is 17.3. The third-order valence-corrected chi connectivity index (χ3v) is 5.67. The molecule has 0 radical (unpaired) electrons. The van der Waals surface area contributed by atoms with E-state index in [1.165, 1.54) is 17.4 Å².